The summed E-state index contributed by atoms with van der Waals surface area (Å²) in [6.07, 6.45) is -2.18. The lowest BCUT2D eigenvalue weighted by atomic mass is 10.3. The van der Waals surface area contributed by atoms with Gasteiger partial charge in [0.25, 0.3) is 0 Å². The van der Waals surface area contributed by atoms with Gasteiger partial charge in [-0.2, -0.15) is 0 Å². The summed E-state index contributed by atoms with van der Waals surface area (Å²) in [4.78, 5) is 46.1. The van der Waals surface area contributed by atoms with Gasteiger partial charge in [0, 0.05) is 0 Å². The van der Waals surface area contributed by atoms with Crippen molar-refractivity contribution in [2.24, 2.45) is 5.73 Å². The second-order valence-electron chi connectivity index (χ2n) is 3.30. The fraction of sp³-hybridized carbons (Fsp3) is 0.800. The third-order valence-corrected chi connectivity index (χ3v) is 3.14. The SMILES string of the molecule is NC(=O)C(CO)N(CP(=O)(O)O)CP(=O)(O)O. The summed E-state index contributed by atoms with van der Waals surface area (Å²) in [5, 5.41) is 8.81. The maximum atomic E-state index is 10.9. The largest absolute Gasteiger partial charge is 0.394 e. The molecule has 0 spiro atoms. The molecule has 0 saturated carbocycles. The first-order valence-electron chi connectivity index (χ1n) is 4.19. The minimum absolute atomic E-state index is 0.462. The van der Waals surface area contributed by atoms with Crippen molar-refractivity contribution in [1.29, 1.82) is 0 Å². The molecule has 1 amide bonds. The standard InChI is InChI=1S/C5H14N2O8P2/c6-5(9)4(1-8)7(2-16(10,11)12)3-17(13,14)15/h4,8H,1-3H2,(H2,6,9)(H2,10,11,12)(H2,13,14,15). The van der Waals surface area contributed by atoms with Gasteiger partial charge in [-0.05, 0) is 0 Å². The number of nitrogens with zero attached hydrogens (tertiary/aromatic N) is 1. The van der Waals surface area contributed by atoms with Crippen molar-refractivity contribution < 1.29 is 38.6 Å². The smallest absolute Gasteiger partial charge is 0.339 e. The molecule has 0 fully saturated rings. The Morgan fingerprint density at radius 3 is 1.65 bits per heavy atom. The Hall–Kier alpha value is -0.310. The van der Waals surface area contributed by atoms with Crippen LogP contribution in [0.3, 0.4) is 0 Å². The van der Waals surface area contributed by atoms with E-state index in [1.165, 1.54) is 0 Å². The number of aliphatic hydroxyl groups excluding tert-OH is 1. The van der Waals surface area contributed by atoms with Crippen LogP contribution in [0.25, 0.3) is 0 Å². The molecule has 0 bridgehead atoms. The van der Waals surface area contributed by atoms with E-state index >= 15 is 0 Å². The van der Waals surface area contributed by atoms with Crippen molar-refractivity contribution >= 4 is 21.1 Å². The molecule has 17 heavy (non-hydrogen) atoms. The van der Waals surface area contributed by atoms with Gasteiger partial charge in [0.2, 0.25) is 5.91 Å². The fourth-order valence-corrected chi connectivity index (χ4v) is 2.80. The van der Waals surface area contributed by atoms with E-state index in [-0.39, 0.29) is 0 Å². The lowest BCUT2D eigenvalue weighted by molar-refractivity contribution is -0.123. The molecule has 0 radical (unpaired) electrons. The first-order chi connectivity index (χ1) is 7.46. The third kappa shape index (κ3) is 7.58. The monoisotopic (exact) mass is 292 g/mol. The first-order valence-corrected chi connectivity index (χ1v) is 7.79. The number of hydrogen-bond donors (Lipinski definition) is 6. The molecule has 102 valence electrons. The van der Waals surface area contributed by atoms with Crippen LogP contribution in [0.2, 0.25) is 0 Å². The minimum Gasteiger partial charge on any atom is -0.394 e. The second-order valence-corrected chi connectivity index (χ2v) is 6.53. The molecule has 0 saturated heterocycles. The van der Waals surface area contributed by atoms with Crippen molar-refractivity contribution in [1.82, 2.24) is 4.90 Å². The molecule has 0 aromatic heterocycles. The van der Waals surface area contributed by atoms with Crippen molar-refractivity contribution in [3.05, 3.63) is 0 Å². The molecule has 0 rings (SSSR count). The molecule has 7 N–H and O–H groups in total. The van der Waals surface area contributed by atoms with Gasteiger partial charge in [0.1, 0.15) is 18.6 Å². The van der Waals surface area contributed by atoms with E-state index in [9.17, 15) is 13.9 Å². The lowest BCUT2D eigenvalue weighted by Crippen LogP contribution is -2.47. The molecule has 1 atom stereocenters. The predicted octanol–water partition coefficient (Wildman–Crippen LogP) is -2.59. The minimum atomic E-state index is -4.65. The van der Waals surface area contributed by atoms with Crippen LogP contribution >= 0.6 is 15.2 Å². The summed E-state index contributed by atoms with van der Waals surface area (Å²) in [7, 11) is -9.30. The molecule has 0 aromatic carbocycles. The highest BCUT2D eigenvalue weighted by Crippen LogP contribution is 2.41. The Balaban J connectivity index is 5.02. The zero-order valence-electron chi connectivity index (χ0n) is 8.58. The normalized spacial score (nSPS) is 14.9. The maximum Gasteiger partial charge on any atom is 0.339 e. The number of hydrogen-bond acceptors (Lipinski definition) is 5. The Kier molecular flexibility index (Phi) is 5.92. The molecule has 12 heteroatoms. The Bertz CT molecular complexity index is 337. The van der Waals surface area contributed by atoms with Crippen LogP contribution in [0, 0.1) is 0 Å². The summed E-state index contributed by atoms with van der Waals surface area (Å²) < 4.78 is 21.5. The van der Waals surface area contributed by atoms with Gasteiger partial charge < -0.3 is 30.4 Å². The highest BCUT2D eigenvalue weighted by molar-refractivity contribution is 7.52. The molecule has 0 aromatic rings. The Labute approximate surface area is 96.4 Å². The van der Waals surface area contributed by atoms with E-state index in [0.29, 0.717) is 4.90 Å². The van der Waals surface area contributed by atoms with Gasteiger partial charge in [-0.25, -0.2) is 0 Å². The number of carbonyl (C=O) groups excluding carboxylic acids is 1. The van der Waals surface area contributed by atoms with E-state index in [1.54, 1.807) is 0 Å². The summed E-state index contributed by atoms with van der Waals surface area (Å²) >= 11 is 0. The fourth-order valence-electron chi connectivity index (χ4n) is 1.10. The van der Waals surface area contributed by atoms with Crippen molar-refractivity contribution in [3.63, 3.8) is 0 Å². The molecule has 0 aliphatic heterocycles. The van der Waals surface area contributed by atoms with E-state index < -0.39 is 46.3 Å². The van der Waals surface area contributed by atoms with Gasteiger partial charge in [-0.15, -0.1) is 0 Å². The number of rotatable bonds is 7. The summed E-state index contributed by atoms with van der Waals surface area (Å²) in [5.74, 6) is -1.14. The average molecular weight is 292 g/mol. The van der Waals surface area contributed by atoms with Crippen LogP contribution in [0.15, 0.2) is 0 Å². The van der Waals surface area contributed by atoms with Crippen molar-refractivity contribution in [2.75, 3.05) is 19.2 Å². The number of primary amides is 1. The lowest BCUT2D eigenvalue weighted by Gasteiger charge is -2.28. The molecule has 0 aliphatic carbocycles. The van der Waals surface area contributed by atoms with Crippen LogP contribution < -0.4 is 5.73 Å². The van der Waals surface area contributed by atoms with Gasteiger partial charge in [-0.1, -0.05) is 0 Å². The molecule has 1 unspecified atom stereocenters. The van der Waals surface area contributed by atoms with Crippen LogP contribution in [0.5, 0.6) is 0 Å². The number of aliphatic hydroxyl groups is 1. The van der Waals surface area contributed by atoms with Gasteiger partial charge in [-0.3, -0.25) is 18.8 Å². The first kappa shape index (κ1) is 16.7. The van der Waals surface area contributed by atoms with Crippen molar-refractivity contribution in [3.8, 4) is 0 Å². The van der Waals surface area contributed by atoms with Gasteiger partial charge >= 0.3 is 15.2 Å². The van der Waals surface area contributed by atoms with Crippen molar-refractivity contribution in [2.45, 2.75) is 6.04 Å². The highest BCUT2D eigenvalue weighted by atomic mass is 31.2. The van der Waals surface area contributed by atoms with Crippen LogP contribution in [-0.2, 0) is 13.9 Å². The Morgan fingerprint density at radius 1 is 1.12 bits per heavy atom. The predicted molar refractivity (Wildman–Crippen MR) is 55.7 cm³/mol. The molecule has 10 nitrogen and oxygen atoms in total. The molecule has 0 heterocycles. The van der Waals surface area contributed by atoms with E-state index in [2.05, 4.69) is 0 Å². The van der Waals surface area contributed by atoms with E-state index in [0.717, 1.165) is 0 Å². The van der Waals surface area contributed by atoms with Gasteiger partial charge in [0.05, 0.1) is 6.61 Å². The number of amides is 1. The summed E-state index contributed by atoms with van der Waals surface area (Å²) in [6, 6.07) is -1.57. The highest BCUT2D eigenvalue weighted by Gasteiger charge is 2.33. The van der Waals surface area contributed by atoms with Crippen LogP contribution in [0.1, 0.15) is 0 Å². The second kappa shape index (κ2) is 6.03. The number of nitrogens with two attached hydrogens (primary N) is 1. The quantitative estimate of drug-likeness (QED) is 0.274. The van der Waals surface area contributed by atoms with Gasteiger partial charge in [0.15, 0.2) is 0 Å². The van der Waals surface area contributed by atoms with E-state index in [1.807, 2.05) is 0 Å². The third-order valence-electron chi connectivity index (χ3n) is 1.67. The van der Waals surface area contributed by atoms with E-state index in [4.69, 9.17) is 30.4 Å². The Morgan fingerprint density at radius 2 is 1.47 bits per heavy atom. The maximum absolute atomic E-state index is 10.9. The molecular weight excluding hydrogens is 278 g/mol. The summed E-state index contributed by atoms with van der Waals surface area (Å²) in [5.41, 5.74) is 4.84. The summed E-state index contributed by atoms with van der Waals surface area (Å²) in [6.45, 7) is -0.907. The molecular formula is C5H14N2O8P2. The van der Waals surface area contributed by atoms with Crippen LogP contribution in [-0.4, -0.2) is 60.7 Å². The molecule has 0 aliphatic rings. The average Bonchev–Trinajstić information content (AvgIpc) is 1.96. The zero-order chi connectivity index (χ0) is 13.9. The number of carbonyl (C=O) groups is 1. The topological polar surface area (TPSA) is 182 Å². The zero-order valence-corrected chi connectivity index (χ0v) is 10.4. The van der Waals surface area contributed by atoms with Crippen LogP contribution in [0.4, 0.5) is 0 Å².